The van der Waals surface area contributed by atoms with Crippen molar-refractivity contribution in [2.24, 2.45) is 5.92 Å². The van der Waals surface area contributed by atoms with Gasteiger partial charge in [-0.15, -0.1) is 0 Å². The second kappa shape index (κ2) is 10.2. The van der Waals surface area contributed by atoms with Crippen LogP contribution in [0.5, 0.6) is 0 Å². The van der Waals surface area contributed by atoms with Gasteiger partial charge in [-0.3, -0.25) is 0 Å². The molecule has 0 bridgehead atoms. The Labute approximate surface area is 209 Å². The lowest BCUT2D eigenvalue weighted by atomic mass is 9.90. The van der Waals surface area contributed by atoms with Gasteiger partial charge in [-0.05, 0) is 64.2 Å². The molecule has 0 aromatic heterocycles. The minimum Gasteiger partial charge on any atom is -0.448 e. The zero-order valence-electron chi connectivity index (χ0n) is 21.1. The fourth-order valence-corrected chi connectivity index (χ4v) is 5.66. The van der Waals surface area contributed by atoms with E-state index in [2.05, 4.69) is 92.8 Å². The third-order valence-corrected chi connectivity index (χ3v) is 7.45. The van der Waals surface area contributed by atoms with Crippen LogP contribution in [-0.2, 0) is 17.7 Å². The molecule has 4 heteroatoms. The molecule has 182 valence electrons. The predicted molar refractivity (Wildman–Crippen MR) is 141 cm³/mol. The number of fused-ring (bicyclic) bond motifs is 4. The summed E-state index contributed by atoms with van der Waals surface area (Å²) in [6.45, 7) is 9.41. The number of amides is 1. The lowest BCUT2D eigenvalue weighted by molar-refractivity contribution is 0.0952. The maximum Gasteiger partial charge on any atom is 0.410 e. The number of benzene rings is 3. The Bertz CT molecular complexity index is 1160. The Balaban J connectivity index is 1.27. The van der Waals surface area contributed by atoms with Crippen molar-refractivity contribution in [3.63, 3.8) is 0 Å². The smallest absolute Gasteiger partial charge is 0.410 e. The SMILES string of the molecule is CCC(NCC(C)C)c1cccc2c1CCN(C(=O)OCC1c3ccccc3-c3ccccc31)C2. The number of nitrogens with zero attached hydrogens (tertiary/aromatic N) is 1. The monoisotopic (exact) mass is 468 g/mol. The van der Waals surface area contributed by atoms with E-state index in [0.717, 1.165) is 19.4 Å². The van der Waals surface area contributed by atoms with Crippen LogP contribution in [0.4, 0.5) is 4.79 Å². The van der Waals surface area contributed by atoms with Crippen molar-refractivity contribution in [1.82, 2.24) is 10.2 Å². The lowest BCUT2D eigenvalue weighted by Gasteiger charge is -2.32. The summed E-state index contributed by atoms with van der Waals surface area (Å²) in [5.74, 6) is 0.708. The van der Waals surface area contributed by atoms with Crippen molar-refractivity contribution in [3.8, 4) is 11.1 Å². The fraction of sp³-hybridized carbons (Fsp3) is 0.387. The quantitative estimate of drug-likeness (QED) is 0.420. The molecule has 4 nitrogen and oxygen atoms in total. The molecule has 2 aliphatic rings. The van der Waals surface area contributed by atoms with Gasteiger partial charge in [0.05, 0.1) is 0 Å². The summed E-state index contributed by atoms with van der Waals surface area (Å²) in [5, 5.41) is 3.73. The number of ether oxygens (including phenoxy) is 1. The van der Waals surface area contributed by atoms with E-state index >= 15 is 0 Å². The van der Waals surface area contributed by atoms with Gasteiger partial charge in [0.25, 0.3) is 0 Å². The summed E-state index contributed by atoms with van der Waals surface area (Å²) >= 11 is 0. The maximum absolute atomic E-state index is 13.1. The Morgan fingerprint density at radius 1 is 1.00 bits per heavy atom. The summed E-state index contributed by atoms with van der Waals surface area (Å²) < 4.78 is 5.93. The molecular formula is C31H36N2O2. The van der Waals surface area contributed by atoms with Gasteiger partial charge < -0.3 is 15.0 Å². The molecule has 0 radical (unpaired) electrons. The van der Waals surface area contributed by atoms with Crippen LogP contribution in [0.2, 0.25) is 0 Å². The van der Waals surface area contributed by atoms with Crippen LogP contribution in [0, 0.1) is 5.92 Å². The molecule has 3 aromatic rings. The number of carbonyl (C=O) groups excluding carboxylic acids is 1. The molecule has 1 heterocycles. The van der Waals surface area contributed by atoms with Crippen LogP contribution >= 0.6 is 0 Å². The third kappa shape index (κ3) is 4.72. The fourth-order valence-electron chi connectivity index (χ4n) is 5.66. The number of carbonyl (C=O) groups is 1. The molecular weight excluding hydrogens is 432 g/mol. The average Bonchev–Trinajstić information content (AvgIpc) is 3.21. The van der Waals surface area contributed by atoms with Crippen LogP contribution < -0.4 is 5.32 Å². The largest absolute Gasteiger partial charge is 0.448 e. The van der Waals surface area contributed by atoms with Crippen LogP contribution in [0.1, 0.15) is 67.0 Å². The van der Waals surface area contributed by atoms with E-state index in [1.54, 1.807) is 0 Å². The Morgan fingerprint density at radius 2 is 1.69 bits per heavy atom. The molecule has 1 N–H and O–H groups in total. The van der Waals surface area contributed by atoms with Gasteiger partial charge in [0.2, 0.25) is 0 Å². The van der Waals surface area contributed by atoms with Crippen molar-refractivity contribution in [3.05, 3.63) is 94.5 Å². The van der Waals surface area contributed by atoms with Crippen molar-refractivity contribution >= 4 is 6.09 Å². The van der Waals surface area contributed by atoms with Crippen LogP contribution in [0.3, 0.4) is 0 Å². The summed E-state index contributed by atoms with van der Waals surface area (Å²) in [6, 6.07) is 23.8. The first-order chi connectivity index (χ1) is 17.1. The molecule has 0 spiro atoms. The third-order valence-electron chi connectivity index (χ3n) is 7.45. The topological polar surface area (TPSA) is 41.6 Å². The highest BCUT2D eigenvalue weighted by Crippen LogP contribution is 2.44. The first-order valence-electron chi connectivity index (χ1n) is 13.0. The first kappa shape index (κ1) is 23.6. The number of rotatable bonds is 7. The zero-order valence-corrected chi connectivity index (χ0v) is 21.1. The van der Waals surface area contributed by atoms with Crippen molar-refractivity contribution in [2.45, 2.75) is 52.1 Å². The Kier molecular flexibility index (Phi) is 6.92. The highest BCUT2D eigenvalue weighted by Gasteiger charge is 2.31. The standard InChI is InChI=1S/C31H36N2O2/c1-4-30(32-18-21(2)3)28-15-9-10-22-19-33(17-16-23(22)28)31(34)35-20-29-26-13-7-5-11-24(26)25-12-6-8-14-27(25)29/h5-15,21,29-30,32H,4,16-20H2,1-3H3. The van der Waals surface area contributed by atoms with E-state index in [1.165, 1.54) is 38.9 Å². The number of hydrogen-bond donors (Lipinski definition) is 1. The van der Waals surface area contributed by atoms with E-state index in [4.69, 9.17) is 4.74 Å². The number of nitrogens with one attached hydrogen (secondary N) is 1. The molecule has 1 aliphatic carbocycles. The van der Waals surface area contributed by atoms with Gasteiger partial charge in [0.15, 0.2) is 0 Å². The van der Waals surface area contributed by atoms with E-state index in [0.29, 0.717) is 31.7 Å². The van der Waals surface area contributed by atoms with Crippen LogP contribution in [0.15, 0.2) is 66.7 Å². The van der Waals surface area contributed by atoms with Gasteiger partial charge in [-0.1, -0.05) is 87.5 Å². The second-order valence-electron chi connectivity index (χ2n) is 10.2. The molecule has 0 saturated carbocycles. The molecule has 1 unspecified atom stereocenters. The Morgan fingerprint density at radius 3 is 2.34 bits per heavy atom. The average molecular weight is 469 g/mol. The molecule has 3 aromatic carbocycles. The van der Waals surface area contributed by atoms with E-state index < -0.39 is 0 Å². The lowest BCUT2D eigenvalue weighted by Crippen LogP contribution is -2.38. The van der Waals surface area contributed by atoms with Crippen molar-refractivity contribution < 1.29 is 9.53 Å². The van der Waals surface area contributed by atoms with Crippen LogP contribution in [0.25, 0.3) is 11.1 Å². The van der Waals surface area contributed by atoms with Gasteiger partial charge in [-0.2, -0.15) is 0 Å². The molecule has 5 rings (SSSR count). The summed E-state index contributed by atoms with van der Waals surface area (Å²) in [4.78, 5) is 15.0. The summed E-state index contributed by atoms with van der Waals surface area (Å²) in [6.07, 6.45) is 1.71. The summed E-state index contributed by atoms with van der Waals surface area (Å²) in [7, 11) is 0. The van der Waals surface area contributed by atoms with Crippen LogP contribution in [-0.4, -0.2) is 30.7 Å². The molecule has 0 fully saturated rings. The van der Waals surface area contributed by atoms with E-state index in [1.807, 2.05) is 4.90 Å². The van der Waals surface area contributed by atoms with E-state index in [9.17, 15) is 4.79 Å². The minimum atomic E-state index is -0.215. The predicted octanol–water partition coefficient (Wildman–Crippen LogP) is 6.69. The van der Waals surface area contributed by atoms with Gasteiger partial charge in [-0.25, -0.2) is 4.79 Å². The maximum atomic E-state index is 13.1. The molecule has 1 atom stereocenters. The molecule has 35 heavy (non-hydrogen) atoms. The normalized spacial score (nSPS) is 15.5. The second-order valence-corrected chi connectivity index (χ2v) is 10.2. The molecule has 1 amide bonds. The van der Waals surface area contributed by atoms with Gasteiger partial charge in [0, 0.05) is 25.0 Å². The Hall–Kier alpha value is -3.11. The number of hydrogen-bond acceptors (Lipinski definition) is 3. The molecule has 0 saturated heterocycles. The highest BCUT2D eigenvalue weighted by atomic mass is 16.6. The molecule has 1 aliphatic heterocycles. The van der Waals surface area contributed by atoms with Crippen molar-refractivity contribution in [2.75, 3.05) is 19.7 Å². The minimum absolute atomic E-state index is 0.0902. The van der Waals surface area contributed by atoms with Crippen molar-refractivity contribution in [1.29, 1.82) is 0 Å². The van der Waals surface area contributed by atoms with Gasteiger partial charge >= 0.3 is 6.09 Å². The first-order valence-corrected chi connectivity index (χ1v) is 13.0. The zero-order chi connectivity index (χ0) is 24.4. The summed E-state index contributed by atoms with van der Waals surface area (Å²) in [5.41, 5.74) is 9.02. The van der Waals surface area contributed by atoms with E-state index in [-0.39, 0.29) is 12.0 Å². The highest BCUT2D eigenvalue weighted by molar-refractivity contribution is 5.79. The van der Waals surface area contributed by atoms with Gasteiger partial charge in [0.1, 0.15) is 6.61 Å².